The lowest BCUT2D eigenvalue weighted by molar-refractivity contribution is 0.0949. The Morgan fingerprint density at radius 3 is 3.05 bits per heavy atom. The SMILES string of the molecule is CC(C)CNC(=O)c1ccc2[nH]c3c(c2c1)Cc1cn[nH]c1-3. The van der Waals surface area contributed by atoms with Gasteiger partial charge in [-0.3, -0.25) is 9.89 Å². The Labute approximate surface area is 128 Å². The van der Waals surface area contributed by atoms with Crippen molar-refractivity contribution in [3.63, 3.8) is 0 Å². The number of fused-ring (bicyclic) bond motifs is 5. The first kappa shape index (κ1) is 13.1. The van der Waals surface area contributed by atoms with Gasteiger partial charge in [-0.1, -0.05) is 13.8 Å². The molecule has 0 aliphatic heterocycles. The highest BCUT2D eigenvalue weighted by Gasteiger charge is 2.25. The number of nitrogens with zero attached hydrogens (tertiary/aromatic N) is 1. The van der Waals surface area contributed by atoms with E-state index in [0.717, 1.165) is 28.7 Å². The van der Waals surface area contributed by atoms with Gasteiger partial charge < -0.3 is 10.3 Å². The predicted octanol–water partition coefficient (Wildman–Crippen LogP) is 2.85. The molecule has 3 N–H and O–H groups in total. The van der Waals surface area contributed by atoms with Crippen molar-refractivity contribution in [3.8, 4) is 11.4 Å². The fraction of sp³-hybridized carbons (Fsp3) is 0.294. The van der Waals surface area contributed by atoms with Gasteiger partial charge in [-0.05, 0) is 29.7 Å². The summed E-state index contributed by atoms with van der Waals surface area (Å²) >= 11 is 0. The smallest absolute Gasteiger partial charge is 0.251 e. The molecule has 22 heavy (non-hydrogen) atoms. The third-order valence-electron chi connectivity index (χ3n) is 4.17. The molecule has 2 aromatic heterocycles. The Bertz CT molecular complexity index is 872. The van der Waals surface area contributed by atoms with Gasteiger partial charge in [-0.2, -0.15) is 5.10 Å². The first-order valence-electron chi connectivity index (χ1n) is 7.59. The first-order chi connectivity index (χ1) is 10.6. The standard InChI is InChI=1S/C17H18N4O/c1-9(2)7-18-17(22)10-3-4-14-12(5-10)13-6-11-8-19-21-15(11)16(13)20-14/h3-5,8-9,20H,6-7H2,1-2H3,(H,18,22)(H,19,21). The molecule has 0 saturated carbocycles. The number of hydrogen-bond acceptors (Lipinski definition) is 2. The minimum atomic E-state index is -0.0104. The third-order valence-corrected chi connectivity index (χ3v) is 4.17. The van der Waals surface area contributed by atoms with E-state index >= 15 is 0 Å². The van der Waals surface area contributed by atoms with E-state index in [1.54, 1.807) is 0 Å². The van der Waals surface area contributed by atoms with Crippen LogP contribution in [0.5, 0.6) is 0 Å². The summed E-state index contributed by atoms with van der Waals surface area (Å²) in [5.74, 6) is 0.436. The van der Waals surface area contributed by atoms with Crippen LogP contribution in [0.4, 0.5) is 0 Å². The monoisotopic (exact) mass is 294 g/mol. The van der Waals surface area contributed by atoms with Gasteiger partial charge in [-0.15, -0.1) is 0 Å². The van der Waals surface area contributed by atoms with Gasteiger partial charge >= 0.3 is 0 Å². The molecule has 5 heteroatoms. The molecule has 0 saturated heterocycles. The molecule has 112 valence electrons. The van der Waals surface area contributed by atoms with Gasteiger partial charge in [0.1, 0.15) is 0 Å². The van der Waals surface area contributed by atoms with Crippen LogP contribution in [0.2, 0.25) is 0 Å². The Balaban J connectivity index is 1.72. The number of hydrogen-bond donors (Lipinski definition) is 3. The number of carbonyl (C=O) groups is 1. The summed E-state index contributed by atoms with van der Waals surface area (Å²) in [4.78, 5) is 15.7. The van der Waals surface area contributed by atoms with E-state index in [9.17, 15) is 4.79 Å². The first-order valence-corrected chi connectivity index (χ1v) is 7.59. The molecular formula is C17H18N4O. The van der Waals surface area contributed by atoms with Crippen molar-refractivity contribution in [3.05, 3.63) is 41.1 Å². The van der Waals surface area contributed by atoms with Crippen LogP contribution < -0.4 is 5.32 Å². The number of rotatable bonds is 3. The molecule has 1 aromatic carbocycles. The second-order valence-corrected chi connectivity index (χ2v) is 6.29. The molecular weight excluding hydrogens is 276 g/mol. The fourth-order valence-corrected chi connectivity index (χ4v) is 3.04. The molecule has 5 nitrogen and oxygen atoms in total. The molecule has 0 bridgehead atoms. The summed E-state index contributed by atoms with van der Waals surface area (Å²) in [5, 5.41) is 11.2. The topological polar surface area (TPSA) is 73.6 Å². The summed E-state index contributed by atoms with van der Waals surface area (Å²) in [6, 6.07) is 5.84. The van der Waals surface area contributed by atoms with Crippen LogP contribution in [-0.4, -0.2) is 27.6 Å². The molecule has 0 atom stereocenters. The largest absolute Gasteiger partial charge is 0.353 e. The molecule has 1 aliphatic rings. The van der Waals surface area contributed by atoms with Crippen LogP contribution in [0, 0.1) is 5.92 Å². The van der Waals surface area contributed by atoms with Gasteiger partial charge in [0.25, 0.3) is 5.91 Å². The molecule has 0 radical (unpaired) electrons. The van der Waals surface area contributed by atoms with Crippen LogP contribution in [-0.2, 0) is 6.42 Å². The summed E-state index contributed by atoms with van der Waals surface area (Å²) in [7, 11) is 0. The lowest BCUT2D eigenvalue weighted by Gasteiger charge is -2.07. The van der Waals surface area contributed by atoms with Crippen molar-refractivity contribution < 1.29 is 4.79 Å². The van der Waals surface area contributed by atoms with E-state index in [1.807, 2.05) is 24.4 Å². The van der Waals surface area contributed by atoms with Crippen molar-refractivity contribution in [2.75, 3.05) is 6.54 Å². The van der Waals surface area contributed by atoms with Crippen molar-refractivity contribution in [2.45, 2.75) is 20.3 Å². The minimum absolute atomic E-state index is 0.0104. The van der Waals surface area contributed by atoms with Crippen molar-refractivity contribution in [1.82, 2.24) is 20.5 Å². The minimum Gasteiger partial charge on any atom is -0.353 e. The Hall–Kier alpha value is -2.56. The Kier molecular flexibility index (Phi) is 2.82. The predicted molar refractivity (Wildman–Crippen MR) is 85.9 cm³/mol. The highest BCUT2D eigenvalue weighted by molar-refractivity contribution is 6.01. The summed E-state index contributed by atoms with van der Waals surface area (Å²) in [5.41, 5.74) is 6.39. The summed E-state index contributed by atoms with van der Waals surface area (Å²) < 4.78 is 0. The fourth-order valence-electron chi connectivity index (χ4n) is 3.04. The average Bonchev–Trinajstić information content (AvgIpc) is 3.15. The molecule has 1 amide bonds. The number of nitrogens with one attached hydrogen (secondary N) is 3. The molecule has 3 aromatic rings. The summed E-state index contributed by atoms with van der Waals surface area (Å²) in [6.45, 7) is 4.87. The van der Waals surface area contributed by atoms with Crippen molar-refractivity contribution in [2.24, 2.45) is 5.92 Å². The lowest BCUT2D eigenvalue weighted by Crippen LogP contribution is -2.27. The Morgan fingerprint density at radius 1 is 1.36 bits per heavy atom. The molecule has 1 aliphatic carbocycles. The van der Waals surface area contributed by atoms with Crippen molar-refractivity contribution in [1.29, 1.82) is 0 Å². The quantitative estimate of drug-likeness (QED) is 0.543. The maximum Gasteiger partial charge on any atom is 0.251 e. The van der Waals surface area contributed by atoms with E-state index in [-0.39, 0.29) is 5.91 Å². The molecule has 0 spiro atoms. The third kappa shape index (κ3) is 1.93. The van der Waals surface area contributed by atoms with Crippen LogP contribution in [0.25, 0.3) is 22.3 Å². The van der Waals surface area contributed by atoms with Crippen LogP contribution in [0.1, 0.15) is 35.3 Å². The lowest BCUT2D eigenvalue weighted by atomic mass is 10.1. The van der Waals surface area contributed by atoms with Crippen molar-refractivity contribution >= 4 is 16.8 Å². The van der Waals surface area contributed by atoms with Crippen LogP contribution in [0.3, 0.4) is 0 Å². The molecule has 0 fully saturated rings. The highest BCUT2D eigenvalue weighted by Crippen LogP contribution is 2.39. The number of aromatic amines is 2. The second kappa shape index (κ2) is 4.73. The van der Waals surface area contributed by atoms with Crippen LogP contribution in [0.15, 0.2) is 24.4 Å². The highest BCUT2D eigenvalue weighted by atomic mass is 16.1. The van der Waals surface area contributed by atoms with Gasteiger partial charge in [0.05, 0.1) is 17.6 Å². The average molecular weight is 294 g/mol. The Morgan fingerprint density at radius 2 is 2.23 bits per heavy atom. The molecule has 4 rings (SSSR count). The number of aromatic nitrogens is 3. The van der Waals surface area contributed by atoms with Gasteiger partial charge in [0.15, 0.2) is 0 Å². The number of amides is 1. The van der Waals surface area contributed by atoms with E-state index in [4.69, 9.17) is 0 Å². The second-order valence-electron chi connectivity index (χ2n) is 6.29. The normalized spacial score (nSPS) is 12.7. The van der Waals surface area contributed by atoms with Crippen LogP contribution >= 0.6 is 0 Å². The summed E-state index contributed by atoms with van der Waals surface area (Å²) in [6.07, 6.45) is 2.73. The zero-order valence-electron chi connectivity index (χ0n) is 12.7. The van der Waals surface area contributed by atoms with Gasteiger partial charge in [0.2, 0.25) is 0 Å². The number of benzene rings is 1. The maximum atomic E-state index is 12.2. The van der Waals surface area contributed by atoms with E-state index in [2.05, 4.69) is 34.3 Å². The zero-order valence-corrected chi connectivity index (χ0v) is 12.7. The number of carbonyl (C=O) groups excluding carboxylic acids is 1. The van der Waals surface area contributed by atoms with E-state index < -0.39 is 0 Å². The molecule has 0 unspecified atom stereocenters. The van der Waals surface area contributed by atoms with E-state index in [1.165, 1.54) is 11.1 Å². The molecule has 2 heterocycles. The zero-order chi connectivity index (χ0) is 15.3. The maximum absolute atomic E-state index is 12.2. The van der Waals surface area contributed by atoms with Gasteiger partial charge in [-0.25, -0.2) is 0 Å². The van der Waals surface area contributed by atoms with Gasteiger partial charge in [0, 0.05) is 35.0 Å². The van der Waals surface area contributed by atoms with E-state index in [0.29, 0.717) is 18.0 Å². The number of H-pyrrole nitrogens is 2.